The number of furan rings is 1. The molecule has 4 rings (SSSR count). The highest BCUT2D eigenvalue weighted by molar-refractivity contribution is 6.31. The molecule has 0 aliphatic heterocycles. The fraction of sp³-hybridized carbons (Fsp3) is 0.208. The van der Waals surface area contributed by atoms with Gasteiger partial charge in [0.25, 0.3) is 5.91 Å². The lowest BCUT2D eigenvalue weighted by molar-refractivity contribution is 0.0696. The predicted molar refractivity (Wildman–Crippen MR) is 123 cm³/mol. The van der Waals surface area contributed by atoms with E-state index < -0.39 is 5.97 Å². The molecule has 32 heavy (non-hydrogen) atoms. The number of carbonyl (C=O) groups excluding carboxylic acids is 1. The number of nitrogens with one attached hydrogen (secondary N) is 1. The molecule has 0 saturated heterocycles. The van der Waals surface area contributed by atoms with Crippen molar-refractivity contribution in [3.05, 3.63) is 81.7 Å². The first-order valence-electron chi connectivity index (χ1n) is 10.1. The topological polar surface area (TPSA) is 97.4 Å². The van der Waals surface area contributed by atoms with Gasteiger partial charge >= 0.3 is 5.97 Å². The van der Waals surface area contributed by atoms with Crippen LogP contribution in [0.1, 0.15) is 57.5 Å². The molecule has 2 heterocycles. The summed E-state index contributed by atoms with van der Waals surface area (Å²) >= 11 is 6.33. The molecule has 0 atom stereocenters. The first-order valence-corrected chi connectivity index (χ1v) is 10.5. The Morgan fingerprint density at radius 1 is 1.12 bits per heavy atom. The van der Waals surface area contributed by atoms with Gasteiger partial charge in [-0.05, 0) is 49.4 Å². The van der Waals surface area contributed by atoms with Crippen molar-refractivity contribution in [3.63, 3.8) is 0 Å². The van der Waals surface area contributed by atoms with Crippen LogP contribution in [-0.2, 0) is 6.54 Å². The molecular weight excluding hydrogens is 430 g/mol. The average molecular weight is 452 g/mol. The van der Waals surface area contributed by atoms with Gasteiger partial charge in [-0.2, -0.15) is 5.10 Å². The summed E-state index contributed by atoms with van der Waals surface area (Å²) in [7, 11) is 0. The van der Waals surface area contributed by atoms with Gasteiger partial charge in [-0.1, -0.05) is 25.4 Å². The van der Waals surface area contributed by atoms with E-state index >= 15 is 0 Å². The predicted octanol–water partition coefficient (Wildman–Crippen LogP) is 5.71. The molecule has 164 valence electrons. The van der Waals surface area contributed by atoms with E-state index in [9.17, 15) is 9.59 Å². The SMILES string of the molecule is Cc1cc(NC(=O)c2ccc(C(=O)O)cc2)nn1Cc1cc(Cl)cc2cc(C(C)C)oc12. The van der Waals surface area contributed by atoms with Crippen molar-refractivity contribution in [2.45, 2.75) is 33.2 Å². The summed E-state index contributed by atoms with van der Waals surface area (Å²) in [5, 5.41) is 17.8. The Morgan fingerprint density at radius 3 is 2.47 bits per heavy atom. The zero-order valence-corrected chi connectivity index (χ0v) is 18.6. The third kappa shape index (κ3) is 4.38. The quantitative estimate of drug-likeness (QED) is 0.391. The zero-order valence-electron chi connectivity index (χ0n) is 17.8. The Hall–Kier alpha value is -3.58. The second-order valence-electron chi connectivity index (χ2n) is 7.95. The number of aromatic nitrogens is 2. The molecule has 2 N–H and O–H groups in total. The Bertz CT molecular complexity index is 1320. The summed E-state index contributed by atoms with van der Waals surface area (Å²) < 4.78 is 7.84. The summed E-state index contributed by atoms with van der Waals surface area (Å²) in [5.74, 6) is 0.132. The van der Waals surface area contributed by atoms with Crippen LogP contribution in [0.4, 0.5) is 5.82 Å². The van der Waals surface area contributed by atoms with Crippen molar-refractivity contribution >= 4 is 40.3 Å². The molecular formula is C24H22ClN3O4. The fourth-order valence-electron chi connectivity index (χ4n) is 3.45. The first kappa shape index (κ1) is 21.6. The second kappa shape index (κ2) is 8.51. The van der Waals surface area contributed by atoms with Crippen LogP contribution in [-0.4, -0.2) is 26.8 Å². The number of carboxylic acid groups (broad SMARTS) is 1. The van der Waals surface area contributed by atoms with E-state index in [1.54, 1.807) is 10.7 Å². The second-order valence-corrected chi connectivity index (χ2v) is 8.39. The Morgan fingerprint density at radius 2 is 1.81 bits per heavy atom. The number of benzene rings is 2. The van der Waals surface area contributed by atoms with E-state index in [0.717, 1.165) is 28.0 Å². The summed E-state index contributed by atoms with van der Waals surface area (Å²) in [6, 6.07) is 13.2. The molecule has 0 fully saturated rings. The number of carbonyl (C=O) groups is 2. The Balaban J connectivity index is 1.56. The molecule has 8 heteroatoms. The maximum absolute atomic E-state index is 12.5. The van der Waals surface area contributed by atoms with Gasteiger partial charge in [0.15, 0.2) is 5.82 Å². The minimum Gasteiger partial charge on any atom is -0.478 e. The number of anilines is 1. The Kier molecular flexibility index (Phi) is 5.76. The standard InChI is InChI=1S/C24H22ClN3O4/c1-13(2)20-11-17-9-19(25)10-18(22(17)32-20)12-28-14(3)8-21(27-28)26-23(29)15-4-6-16(7-5-15)24(30)31/h4-11,13H,12H2,1-3H3,(H,30,31)(H,26,27,29). The molecule has 0 aliphatic rings. The molecule has 1 amide bonds. The molecule has 0 bridgehead atoms. The summed E-state index contributed by atoms with van der Waals surface area (Å²) in [5.41, 5.74) is 2.98. The first-order chi connectivity index (χ1) is 15.2. The molecule has 7 nitrogen and oxygen atoms in total. The number of carboxylic acids is 1. The molecule has 2 aromatic heterocycles. The smallest absolute Gasteiger partial charge is 0.335 e. The summed E-state index contributed by atoms with van der Waals surface area (Å²) in [4.78, 5) is 23.5. The van der Waals surface area contributed by atoms with Gasteiger partial charge in [-0.15, -0.1) is 0 Å². The normalized spacial score (nSPS) is 11.3. The summed E-state index contributed by atoms with van der Waals surface area (Å²) in [6.07, 6.45) is 0. The van der Waals surface area contributed by atoms with Crippen LogP contribution in [0, 0.1) is 6.92 Å². The molecule has 0 radical (unpaired) electrons. The minimum atomic E-state index is -1.04. The van der Waals surface area contributed by atoms with Crippen molar-refractivity contribution in [1.82, 2.24) is 9.78 Å². The third-order valence-electron chi connectivity index (χ3n) is 5.18. The van der Waals surface area contributed by atoms with Crippen LogP contribution >= 0.6 is 11.6 Å². The van der Waals surface area contributed by atoms with Gasteiger partial charge in [-0.25, -0.2) is 4.79 Å². The van der Waals surface area contributed by atoms with Crippen LogP contribution in [0.5, 0.6) is 0 Å². The van der Waals surface area contributed by atoms with E-state index in [-0.39, 0.29) is 17.4 Å². The van der Waals surface area contributed by atoms with Crippen molar-refractivity contribution in [1.29, 1.82) is 0 Å². The van der Waals surface area contributed by atoms with E-state index in [0.29, 0.717) is 22.9 Å². The monoisotopic (exact) mass is 451 g/mol. The third-order valence-corrected chi connectivity index (χ3v) is 5.40. The molecule has 0 unspecified atom stereocenters. The average Bonchev–Trinajstić information content (AvgIpc) is 3.31. The molecule has 2 aromatic carbocycles. The molecule has 0 saturated carbocycles. The van der Waals surface area contributed by atoms with Crippen LogP contribution < -0.4 is 5.32 Å². The number of hydrogen-bond donors (Lipinski definition) is 2. The number of rotatable bonds is 6. The highest BCUT2D eigenvalue weighted by Crippen LogP contribution is 2.31. The van der Waals surface area contributed by atoms with Crippen molar-refractivity contribution in [2.75, 3.05) is 5.32 Å². The van der Waals surface area contributed by atoms with Gasteiger partial charge in [0.2, 0.25) is 0 Å². The van der Waals surface area contributed by atoms with Crippen LogP contribution in [0.15, 0.2) is 52.9 Å². The summed E-state index contributed by atoms with van der Waals surface area (Å²) in [6.45, 7) is 6.46. The van der Waals surface area contributed by atoms with Crippen LogP contribution in [0.25, 0.3) is 11.0 Å². The molecule has 0 spiro atoms. The number of fused-ring (bicyclic) bond motifs is 1. The van der Waals surface area contributed by atoms with E-state index in [4.69, 9.17) is 21.1 Å². The van der Waals surface area contributed by atoms with Gasteiger partial charge in [0, 0.05) is 39.2 Å². The lowest BCUT2D eigenvalue weighted by Gasteiger charge is -2.07. The lowest BCUT2D eigenvalue weighted by atomic mass is 10.1. The zero-order chi connectivity index (χ0) is 23.0. The minimum absolute atomic E-state index is 0.119. The number of nitrogens with zero attached hydrogens (tertiary/aromatic N) is 2. The largest absolute Gasteiger partial charge is 0.478 e. The van der Waals surface area contributed by atoms with Crippen molar-refractivity contribution in [2.24, 2.45) is 0 Å². The maximum atomic E-state index is 12.5. The van der Waals surface area contributed by atoms with Crippen LogP contribution in [0.3, 0.4) is 0 Å². The number of hydrogen-bond acceptors (Lipinski definition) is 4. The highest BCUT2D eigenvalue weighted by Gasteiger charge is 2.15. The number of aromatic carboxylic acids is 1. The fourth-order valence-corrected chi connectivity index (χ4v) is 3.70. The molecule has 4 aromatic rings. The van der Waals surface area contributed by atoms with E-state index in [1.807, 2.05) is 25.1 Å². The van der Waals surface area contributed by atoms with E-state index in [2.05, 4.69) is 24.3 Å². The Labute approximate surface area is 189 Å². The number of aryl methyl sites for hydroxylation is 1. The van der Waals surface area contributed by atoms with Gasteiger partial charge < -0.3 is 14.8 Å². The van der Waals surface area contributed by atoms with Gasteiger partial charge in [-0.3, -0.25) is 9.48 Å². The maximum Gasteiger partial charge on any atom is 0.335 e. The van der Waals surface area contributed by atoms with Crippen molar-refractivity contribution in [3.8, 4) is 0 Å². The number of halogens is 1. The van der Waals surface area contributed by atoms with Crippen molar-refractivity contribution < 1.29 is 19.1 Å². The lowest BCUT2D eigenvalue weighted by Crippen LogP contribution is -2.13. The molecule has 0 aliphatic carbocycles. The van der Waals surface area contributed by atoms with Crippen LogP contribution in [0.2, 0.25) is 5.02 Å². The van der Waals surface area contributed by atoms with E-state index in [1.165, 1.54) is 24.3 Å². The van der Waals surface area contributed by atoms with Gasteiger partial charge in [0.1, 0.15) is 11.3 Å². The van der Waals surface area contributed by atoms with Gasteiger partial charge in [0.05, 0.1) is 12.1 Å². The highest BCUT2D eigenvalue weighted by atomic mass is 35.5. The number of amides is 1.